The van der Waals surface area contributed by atoms with Gasteiger partial charge in [0, 0.05) is 19.3 Å². The molecule has 6 atom stereocenters. The van der Waals surface area contributed by atoms with Crippen molar-refractivity contribution in [3.05, 3.63) is 109 Å². The first-order valence-corrected chi connectivity index (χ1v) is 26.9. The van der Waals surface area contributed by atoms with Gasteiger partial charge in [-0.1, -0.05) is 182 Å². The second-order valence-corrected chi connectivity index (χ2v) is 17.7. The van der Waals surface area contributed by atoms with Crippen molar-refractivity contribution >= 4 is 23.9 Å². The predicted octanol–water partition coefficient (Wildman–Crippen LogP) is 13.1. The number of carboxylic acids is 1. The number of aliphatic hydroxyl groups excluding tert-OH is 2. The Labute approximate surface area is 427 Å². The molecule has 1 aliphatic rings. The van der Waals surface area contributed by atoms with Gasteiger partial charge in [0.15, 0.2) is 24.6 Å². The number of unbranched alkanes of at least 4 members (excludes halogenated alkanes) is 11. The molecular formula is C59H92O12. The maximum Gasteiger partial charge on any atom is 0.335 e. The fraction of sp³-hybridized carbons (Fsp3) is 0.627. The van der Waals surface area contributed by atoms with Gasteiger partial charge in [-0.15, -0.1) is 0 Å². The molecule has 0 aromatic carbocycles. The molecule has 0 aliphatic carbocycles. The van der Waals surface area contributed by atoms with Crippen molar-refractivity contribution in [3.8, 4) is 0 Å². The van der Waals surface area contributed by atoms with Crippen molar-refractivity contribution in [1.29, 1.82) is 0 Å². The number of rotatable bonds is 43. The molecule has 0 amide bonds. The zero-order valence-corrected chi connectivity index (χ0v) is 43.7. The van der Waals surface area contributed by atoms with E-state index in [4.69, 9.17) is 23.7 Å². The van der Waals surface area contributed by atoms with Crippen molar-refractivity contribution in [2.24, 2.45) is 0 Å². The van der Waals surface area contributed by atoms with Crippen LogP contribution in [0.15, 0.2) is 109 Å². The first kappa shape index (κ1) is 64.4. The normalized spacial score (nSPS) is 19.4. The van der Waals surface area contributed by atoms with Gasteiger partial charge in [-0.05, 0) is 96.3 Å². The standard InChI is InChI=1S/C59H92O12/c1-4-7-10-13-16-19-22-25-26-29-32-35-38-41-44-47-53(62)70-57-55(64)54(63)56(58(65)66)71-59(57)68-49-50(69-52(61)46-43-40-37-34-31-28-24-21-18-15-12-9-6-3)48-67-51(60)45-42-39-36-33-30-27-23-20-17-14-11-8-5-2/h8-9,11-12,17-18,20-21,25-28,30-31,36-37,39-40,50,54-57,59,63-64H,4-7,10,13-16,19,22-24,29,32-35,38,41-49H2,1-3H3,(H,65,66)/b11-8-,12-9-,20-17-,21-18-,26-25-,30-27-,31-28-,39-36-,40-37-. The Kier molecular flexibility index (Phi) is 42.1. The molecule has 0 radical (unpaired) electrons. The first-order chi connectivity index (χ1) is 34.6. The van der Waals surface area contributed by atoms with Gasteiger partial charge in [0.2, 0.25) is 0 Å². The van der Waals surface area contributed by atoms with Crippen LogP contribution in [-0.4, -0.2) is 89.2 Å². The highest BCUT2D eigenvalue weighted by Crippen LogP contribution is 2.26. The van der Waals surface area contributed by atoms with Crippen LogP contribution in [0.1, 0.15) is 188 Å². The van der Waals surface area contributed by atoms with Crippen LogP contribution in [0.5, 0.6) is 0 Å². The van der Waals surface area contributed by atoms with E-state index in [0.29, 0.717) is 25.7 Å². The number of carbonyl (C=O) groups excluding carboxylic acids is 3. The molecule has 1 heterocycles. The second kappa shape index (κ2) is 46.5. The van der Waals surface area contributed by atoms with Crippen molar-refractivity contribution in [2.45, 2.75) is 225 Å². The lowest BCUT2D eigenvalue weighted by Crippen LogP contribution is -2.61. The van der Waals surface area contributed by atoms with Gasteiger partial charge in [-0.3, -0.25) is 14.4 Å². The SMILES string of the molecule is CC/C=C\C/C=C\C/C=C\C/C=C\CCC(=O)OCC(COC1OC(C(=O)O)C(O)C(O)C1OC(=O)CCCCCCC/C=C\CCCCCCCC)OC(=O)CC/C=C\C/C=C\C/C=C\C/C=C\CC. The highest BCUT2D eigenvalue weighted by Gasteiger charge is 2.50. The number of hydrogen-bond donors (Lipinski definition) is 3. The maximum absolute atomic E-state index is 13.0. The largest absolute Gasteiger partial charge is 0.479 e. The molecule has 1 fully saturated rings. The number of carboxylic acid groups (broad SMARTS) is 1. The Morgan fingerprint density at radius 3 is 1.41 bits per heavy atom. The average molecular weight is 993 g/mol. The van der Waals surface area contributed by atoms with E-state index < -0.39 is 67.3 Å². The molecule has 1 rings (SSSR count). The molecule has 0 saturated carbocycles. The topological polar surface area (TPSA) is 175 Å². The molecule has 12 nitrogen and oxygen atoms in total. The Bertz CT molecular complexity index is 1650. The fourth-order valence-electron chi connectivity index (χ4n) is 7.27. The van der Waals surface area contributed by atoms with Gasteiger partial charge in [0.25, 0.3) is 0 Å². The summed E-state index contributed by atoms with van der Waals surface area (Å²) >= 11 is 0. The number of carbonyl (C=O) groups is 4. The quantitative estimate of drug-likeness (QED) is 0.0229. The Morgan fingerprint density at radius 1 is 0.479 bits per heavy atom. The van der Waals surface area contributed by atoms with Crippen LogP contribution in [0.2, 0.25) is 0 Å². The summed E-state index contributed by atoms with van der Waals surface area (Å²) in [5.41, 5.74) is 0. The molecule has 6 unspecified atom stereocenters. The Hall–Kier alpha value is -4.62. The molecule has 0 spiro atoms. The van der Waals surface area contributed by atoms with Crippen molar-refractivity contribution < 1.29 is 58.2 Å². The number of aliphatic hydroxyl groups is 2. The van der Waals surface area contributed by atoms with Gasteiger partial charge < -0.3 is 39.0 Å². The Balaban J connectivity index is 2.81. The summed E-state index contributed by atoms with van der Waals surface area (Å²) in [6.07, 6.45) is 49.6. The van der Waals surface area contributed by atoms with Crippen molar-refractivity contribution in [1.82, 2.24) is 0 Å². The van der Waals surface area contributed by atoms with E-state index in [1.807, 2.05) is 30.4 Å². The lowest BCUT2D eigenvalue weighted by molar-refractivity contribution is -0.301. The third kappa shape index (κ3) is 36.9. The van der Waals surface area contributed by atoms with Crippen LogP contribution in [0.3, 0.4) is 0 Å². The zero-order valence-electron chi connectivity index (χ0n) is 43.7. The molecule has 12 heteroatoms. The molecule has 3 N–H and O–H groups in total. The third-order valence-electron chi connectivity index (χ3n) is 11.3. The molecule has 71 heavy (non-hydrogen) atoms. The average Bonchev–Trinajstić information content (AvgIpc) is 3.35. The monoisotopic (exact) mass is 993 g/mol. The fourth-order valence-corrected chi connectivity index (χ4v) is 7.27. The van der Waals surface area contributed by atoms with E-state index in [-0.39, 0.29) is 25.9 Å². The minimum absolute atomic E-state index is 0.0209. The molecule has 1 aliphatic heterocycles. The third-order valence-corrected chi connectivity index (χ3v) is 11.3. The van der Waals surface area contributed by atoms with Gasteiger partial charge >= 0.3 is 23.9 Å². The summed E-state index contributed by atoms with van der Waals surface area (Å²) in [5.74, 6) is -3.37. The Morgan fingerprint density at radius 2 is 0.915 bits per heavy atom. The molecule has 0 bridgehead atoms. The van der Waals surface area contributed by atoms with Crippen LogP contribution in [0.25, 0.3) is 0 Å². The van der Waals surface area contributed by atoms with Crippen LogP contribution in [-0.2, 0) is 42.9 Å². The summed E-state index contributed by atoms with van der Waals surface area (Å²) in [6.45, 7) is 5.59. The smallest absolute Gasteiger partial charge is 0.335 e. The van der Waals surface area contributed by atoms with Gasteiger partial charge in [0.1, 0.15) is 18.8 Å². The number of hydrogen-bond acceptors (Lipinski definition) is 11. The van der Waals surface area contributed by atoms with Crippen LogP contribution in [0.4, 0.5) is 0 Å². The molecule has 400 valence electrons. The summed E-state index contributed by atoms with van der Waals surface area (Å²) in [7, 11) is 0. The van der Waals surface area contributed by atoms with Crippen molar-refractivity contribution in [2.75, 3.05) is 13.2 Å². The highest BCUT2D eigenvalue weighted by molar-refractivity contribution is 5.74. The number of ether oxygens (including phenoxy) is 5. The van der Waals surface area contributed by atoms with Gasteiger partial charge in [-0.25, -0.2) is 4.79 Å². The molecule has 1 saturated heterocycles. The van der Waals surface area contributed by atoms with E-state index in [0.717, 1.165) is 83.5 Å². The van der Waals surface area contributed by atoms with Gasteiger partial charge in [-0.2, -0.15) is 0 Å². The highest BCUT2D eigenvalue weighted by atomic mass is 16.7. The summed E-state index contributed by atoms with van der Waals surface area (Å²) < 4.78 is 28.1. The van der Waals surface area contributed by atoms with E-state index in [1.54, 1.807) is 0 Å². The van der Waals surface area contributed by atoms with E-state index >= 15 is 0 Å². The second-order valence-electron chi connectivity index (χ2n) is 17.7. The minimum Gasteiger partial charge on any atom is -0.479 e. The minimum atomic E-state index is -1.93. The number of esters is 3. The van der Waals surface area contributed by atoms with Crippen molar-refractivity contribution in [3.63, 3.8) is 0 Å². The summed E-state index contributed by atoms with van der Waals surface area (Å²) in [4.78, 5) is 50.8. The van der Waals surface area contributed by atoms with E-state index in [9.17, 15) is 34.5 Å². The lowest BCUT2D eigenvalue weighted by Gasteiger charge is -2.40. The molecular weight excluding hydrogens is 901 g/mol. The van der Waals surface area contributed by atoms with Crippen LogP contribution >= 0.6 is 0 Å². The van der Waals surface area contributed by atoms with Crippen LogP contribution < -0.4 is 0 Å². The van der Waals surface area contributed by atoms with E-state index in [2.05, 4.69) is 99.8 Å². The first-order valence-electron chi connectivity index (χ1n) is 26.9. The molecule has 0 aromatic heterocycles. The summed E-state index contributed by atoms with van der Waals surface area (Å²) in [6, 6.07) is 0. The van der Waals surface area contributed by atoms with Crippen LogP contribution in [0, 0.1) is 0 Å². The van der Waals surface area contributed by atoms with Gasteiger partial charge in [0.05, 0.1) is 6.61 Å². The predicted molar refractivity (Wildman–Crippen MR) is 284 cm³/mol. The molecule has 0 aromatic rings. The lowest BCUT2D eigenvalue weighted by atomic mass is 9.98. The maximum atomic E-state index is 13.0. The summed E-state index contributed by atoms with van der Waals surface area (Å²) in [5, 5.41) is 31.4. The zero-order chi connectivity index (χ0) is 51.8. The number of aliphatic carboxylic acids is 1. The van der Waals surface area contributed by atoms with E-state index in [1.165, 1.54) is 38.5 Å². The number of allylic oxidation sites excluding steroid dienone is 18.